The third-order valence-corrected chi connectivity index (χ3v) is 5.45. The molecule has 0 spiro atoms. The summed E-state index contributed by atoms with van der Waals surface area (Å²) in [6.07, 6.45) is 0.783. The molecule has 2 atom stereocenters. The zero-order valence-electron chi connectivity index (χ0n) is 16.1. The summed E-state index contributed by atoms with van der Waals surface area (Å²) in [6.45, 7) is 6.19. The molecule has 1 aliphatic rings. The molecule has 0 unspecified atom stereocenters. The molecule has 2 heterocycles. The Kier molecular flexibility index (Phi) is 6.76. The smallest absolute Gasteiger partial charge is 0.178 e. The van der Waals surface area contributed by atoms with Crippen molar-refractivity contribution in [3.63, 3.8) is 0 Å². The zero-order chi connectivity index (χ0) is 19.2. The molecule has 0 saturated carbocycles. The molecule has 1 aromatic heterocycles. The van der Waals surface area contributed by atoms with Crippen LogP contribution < -0.4 is 4.90 Å². The van der Waals surface area contributed by atoms with Crippen LogP contribution >= 0.6 is 0 Å². The number of tetrazole rings is 1. The van der Waals surface area contributed by atoms with Crippen LogP contribution in [0.15, 0.2) is 24.3 Å². The molecular weight excluding hydrogens is 344 g/mol. The van der Waals surface area contributed by atoms with E-state index in [9.17, 15) is 10.2 Å². The van der Waals surface area contributed by atoms with Gasteiger partial charge in [0.1, 0.15) is 0 Å². The van der Waals surface area contributed by atoms with Gasteiger partial charge in [0.25, 0.3) is 0 Å². The van der Waals surface area contributed by atoms with Crippen LogP contribution in [0, 0.1) is 5.92 Å². The molecule has 0 aliphatic carbocycles. The quantitative estimate of drug-likeness (QED) is 0.593. The molecule has 3 rings (SSSR count). The molecule has 1 fully saturated rings. The van der Waals surface area contributed by atoms with Crippen molar-refractivity contribution >= 4 is 5.69 Å². The minimum atomic E-state index is -1.41. The summed E-state index contributed by atoms with van der Waals surface area (Å²) in [5.41, 5.74) is 2.35. The van der Waals surface area contributed by atoms with E-state index in [0.717, 1.165) is 38.2 Å². The highest BCUT2D eigenvalue weighted by atomic mass is 16.5. The molecule has 8 heteroatoms. The predicted octanol–water partition coefficient (Wildman–Crippen LogP) is 1.00. The van der Waals surface area contributed by atoms with E-state index in [2.05, 4.69) is 61.7 Å². The second kappa shape index (κ2) is 9.25. The molecule has 1 aromatic carbocycles. The topological polar surface area (TPSA) is 101 Å². The van der Waals surface area contributed by atoms with Crippen molar-refractivity contribution in [3.8, 4) is 0 Å². The van der Waals surface area contributed by atoms with Gasteiger partial charge in [-0.3, -0.25) is 0 Å². The van der Waals surface area contributed by atoms with Gasteiger partial charge in [0.2, 0.25) is 0 Å². The Balaban J connectivity index is 1.80. The number of nitrogens with one attached hydrogen (secondary N) is 1. The lowest BCUT2D eigenvalue weighted by atomic mass is 9.82. The first-order valence-corrected chi connectivity index (χ1v) is 9.70. The number of aliphatic hydroxyl groups excluding tert-OH is 1. The van der Waals surface area contributed by atoms with Crippen LogP contribution in [0.1, 0.15) is 37.1 Å². The maximum absolute atomic E-state index is 9.93. The van der Waals surface area contributed by atoms with Crippen LogP contribution in [0.2, 0.25) is 0 Å². The number of H-pyrrole nitrogens is 1. The van der Waals surface area contributed by atoms with Crippen molar-refractivity contribution in [3.05, 3.63) is 35.7 Å². The molecule has 1 saturated heterocycles. The highest BCUT2D eigenvalue weighted by molar-refractivity contribution is 5.49. The summed E-state index contributed by atoms with van der Waals surface area (Å²) < 4.78 is 0. The number of piperazine rings is 1. The van der Waals surface area contributed by atoms with Gasteiger partial charge in [-0.2, -0.15) is 5.21 Å². The lowest BCUT2D eigenvalue weighted by molar-refractivity contribution is -0.0943. The molecule has 2 aromatic rings. The molecule has 0 bridgehead atoms. The molecule has 148 valence electrons. The van der Waals surface area contributed by atoms with E-state index in [1.165, 1.54) is 5.69 Å². The number of likely N-dealkylation sites (N-methyl/N-ethyl adjacent to an activating group) is 1. The number of hydrogen-bond acceptors (Lipinski definition) is 7. The average Bonchev–Trinajstić information content (AvgIpc) is 3.20. The molecule has 1 aliphatic heterocycles. The number of aliphatic hydroxyl groups is 2. The number of hydrogen-bond donors (Lipinski definition) is 3. The molecular formula is C19H30N6O2. The first-order chi connectivity index (χ1) is 13.1. The third-order valence-electron chi connectivity index (χ3n) is 5.45. The monoisotopic (exact) mass is 374 g/mol. The molecule has 27 heavy (non-hydrogen) atoms. The molecule has 8 nitrogen and oxygen atoms in total. The number of aromatic nitrogens is 4. The van der Waals surface area contributed by atoms with Gasteiger partial charge in [-0.1, -0.05) is 30.7 Å². The molecule has 0 amide bonds. The Morgan fingerprint density at radius 2 is 1.96 bits per heavy atom. The van der Waals surface area contributed by atoms with Gasteiger partial charge >= 0.3 is 0 Å². The summed E-state index contributed by atoms with van der Waals surface area (Å²) in [5, 5.41) is 34.3. The van der Waals surface area contributed by atoms with E-state index < -0.39 is 6.29 Å². The second-order valence-corrected chi connectivity index (χ2v) is 7.41. The van der Waals surface area contributed by atoms with E-state index in [4.69, 9.17) is 0 Å². The Morgan fingerprint density at radius 1 is 1.19 bits per heavy atom. The van der Waals surface area contributed by atoms with Crippen molar-refractivity contribution in [2.45, 2.75) is 38.4 Å². The first-order valence-electron chi connectivity index (χ1n) is 9.70. The van der Waals surface area contributed by atoms with Crippen LogP contribution in [0.25, 0.3) is 0 Å². The maximum atomic E-state index is 9.93. The largest absolute Gasteiger partial charge is 0.369 e. The summed E-state index contributed by atoms with van der Waals surface area (Å²) in [5.74, 6) is -0.00196. The van der Waals surface area contributed by atoms with E-state index >= 15 is 0 Å². The van der Waals surface area contributed by atoms with Crippen LogP contribution in [-0.2, 0) is 6.42 Å². The van der Waals surface area contributed by atoms with Gasteiger partial charge in [-0.15, -0.1) is 10.2 Å². The van der Waals surface area contributed by atoms with E-state index in [1.54, 1.807) is 0 Å². The van der Waals surface area contributed by atoms with Crippen LogP contribution in [0.3, 0.4) is 0 Å². The highest BCUT2D eigenvalue weighted by Gasteiger charge is 2.31. The van der Waals surface area contributed by atoms with E-state index in [1.807, 2.05) is 6.92 Å². The van der Waals surface area contributed by atoms with Crippen molar-refractivity contribution in [2.75, 3.05) is 38.1 Å². The second-order valence-electron chi connectivity index (χ2n) is 7.41. The van der Waals surface area contributed by atoms with Crippen molar-refractivity contribution in [1.29, 1.82) is 0 Å². The SMILES string of the molecule is CCC[C@H](C(O)O)[C@H](Cc1cccc(N2CCN(C)CC2)c1)c1nn[nH]n1. The summed E-state index contributed by atoms with van der Waals surface area (Å²) in [7, 11) is 2.15. The Labute approximate surface area is 160 Å². The average molecular weight is 374 g/mol. The summed E-state index contributed by atoms with van der Waals surface area (Å²) in [6, 6.07) is 8.49. The van der Waals surface area contributed by atoms with Gasteiger partial charge in [-0.05, 0) is 37.6 Å². The lowest BCUT2D eigenvalue weighted by Gasteiger charge is -2.34. The van der Waals surface area contributed by atoms with Crippen molar-refractivity contribution in [1.82, 2.24) is 25.5 Å². The fourth-order valence-electron chi connectivity index (χ4n) is 3.85. The van der Waals surface area contributed by atoms with Gasteiger partial charge in [0.05, 0.1) is 0 Å². The maximum Gasteiger partial charge on any atom is 0.178 e. The number of anilines is 1. The Morgan fingerprint density at radius 3 is 2.59 bits per heavy atom. The molecule has 0 radical (unpaired) electrons. The van der Waals surface area contributed by atoms with Gasteiger partial charge < -0.3 is 20.0 Å². The van der Waals surface area contributed by atoms with Crippen molar-refractivity contribution in [2.24, 2.45) is 5.92 Å². The Hall–Kier alpha value is -2.03. The van der Waals surface area contributed by atoms with E-state index in [-0.39, 0.29) is 11.8 Å². The van der Waals surface area contributed by atoms with Crippen LogP contribution in [-0.4, -0.2) is 75.3 Å². The number of aromatic amines is 1. The Bertz CT molecular complexity index is 685. The third kappa shape index (κ3) is 5.03. The highest BCUT2D eigenvalue weighted by Crippen LogP contribution is 2.32. The number of rotatable bonds is 8. The summed E-state index contributed by atoms with van der Waals surface area (Å²) >= 11 is 0. The fourth-order valence-corrected chi connectivity index (χ4v) is 3.85. The number of benzene rings is 1. The van der Waals surface area contributed by atoms with Crippen LogP contribution in [0.5, 0.6) is 0 Å². The minimum absolute atomic E-state index is 0.202. The first kappa shape index (κ1) is 19.7. The minimum Gasteiger partial charge on any atom is -0.369 e. The standard InChI is InChI=1S/C19H30N6O2/c1-3-5-16(19(26)27)17(18-20-22-23-21-18)13-14-6-4-7-15(12-14)25-10-8-24(2)9-11-25/h4,6-7,12,16-17,19,26-27H,3,5,8-11,13H2,1-2H3,(H,20,21,22,23)/t16-,17-/m0/s1. The van der Waals surface area contributed by atoms with Crippen LogP contribution in [0.4, 0.5) is 5.69 Å². The van der Waals surface area contributed by atoms with Gasteiger partial charge in [0.15, 0.2) is 12.1 Å². The fraction of sp³-hybridized carbons (Fsp3) is 0.632. The van der Waals surface area contributed by atoms with Crippen molar-refractivity contribution < 1.29 is 10.2 Å². The zero-order valence-corrected chi connectivity index (χ0v) is 16.1. The predicted molar refractivity (Wildman–Crippen MR) is 103 cm³/mol. The number of nitrogens with zero attached hydrogens (tertiary/aromatic N) is 5. The van der Waals surface area contributed by atoms with E-state index in [0.29, 0.717) is 18.7 Å². The summed E-state index contributed by atoms with van der Waals surface area (Å²) in [4.78, 5) is 4.74. The molecule has 3 N–H and O–H groups in total. The van der Waals surface area contributed by atoms with Gasteiger partial charge in [0, 0.05) is 43.7 Å². The lowest BCUT2D eigenvalue weighted by Crippen LogP contribution is -2.44. The van der Waals surface area contributed by atoms with Gasteiger partial charge in [-0.25, -0.2) is 0 Å². The normalized spacial score (nSPS) is 18.0.